The van der Waals surface area contributed by atoms with Gasteiger partial charge in [0.2, 0.25) is 5.91 Å². The molecule has 3 N–H and O–H groups in total. The molecule has 1 amide bonds. The fraction of sp³-hybridized carbons (Fsp3) is 0.833. The molecule has 5 heteroatoms. The van der Waals surface area contributed by atoms with Crippen LogP contribution < -0.4 is 11.1 Å². The van der Waals surface area contributed by atoms with E-state index in [1.165, 1.54) is 0 Å². The molecule has 0 atom stereocenters. The molecular weight excluding hydrogens is 236 g/mol. The van der Waals surface area contributed by atoms with Crippen molar-refractivity contribution in [1.82, 2.24) is 5.32 Å². The molecule has 100 valence electrons. The molecule has 4 nitrogen and oxygen atoms in total. The molecule has 0 unspecified atom stereocenters. The Morgan fingerprint density at radius 2 is 1.88 bits per heavy atom. The van der Waals surface area contributed by atoms with Crippen LogP contribution in [0.25, 0.3) is 0 Å². The van der Waals surface area contributed by atoms with Crippen LogP contribution in [0, 0.1) is 0 Å². The first-order valence-corrected chi connectivity index (χ1v) is 6.61. The number of nitrogens with one attached hydrogen (secondary N) is 1. The lowest BCUT2D eigenvalue weighted by atomic mass is 9.92. The topological polar surface area (TPSA) is 64.3 Å². The number of carbonyl (C=O) groups excluding carboxylic acids is 1. The Hall–Kier alpha value is -0.680. The Bertz CT molecular complexity index is 253. The second-order valence-corrected chi connectivity index (χ2v) is 4.50. The quantitative estimate of drug-likeness (QED) is 0.490. The summed E-state index contributed by atoms with van der Waals surface area (Å²) < 4.78 is 5.27. The Morgan fingerprint density at radius 1 is 1.29 bits per heavy atom. The van der Waals surface area contributed by atoms with E-state index in [-0.39, 0.29) is 5.91 Å². The van der Waals surface area contributed by atoms with E-state index in [1.807, 2.05) is 20.8 Å². The number of amides is 1. The lowest BCUT2D eigenvalue weighted by Crippen LogP contribution is -2.56. The molecule has 0 aliphatic heterocycles. The van der Waals surface area contributed by atoms with Crippen LogP contribution in [-0.2, 0) is 9.53 Å². The summed E-state index contributed by atoms with van der Waals surface area (Å²) in [6.45, 7) is 7.11. The summed E-state index contributed by atoms with van der Waals surface area (Å²) >= 11 is 5.03. The monoisotopic (exact) mass is 260 g/mol. The van der Waals surface area contributed by atoms with Crippen LogP contribution >= 0.6 is 12.2 Å². The van der Waals surface area contributed by atoms with Crippen LogP contribution in [-0.4, -0.2) is 29.6 Å². The standard InChI is InChI=1S/C12H24N2O2S/c1-4-8-16-9-7-10(15)14-12(5-2,6-3)11(13)17/h4-9H2,1-3H3,(H2,13,17)(H,14,15). The second kappa shape index (κ2) is 8.42. The number of thiocarbonyl (C=S) groups is 1. The lowest BCUT2D eigenvalue weighted by Gasteiger charge is -2.31. The molecular formula is C12H24N2O2S. The van der Waals surface area contributed by atoms with Gasteiger partial charge in [0.15, 0.2) is 0 Å². The number of carbonyl (C=O) groups is 1. The van der Waals surface area contributed by atoms with E-state index in [9.17, 15) is 4.79 Å². The van der Waals surface area contributed by atoms with Gasteiger partial charge >= 0.3 is 0 Å². The van der Waals surface area contributed by atoms with Crippen LogP contribution in [0.2, 0.25) is 0 Å². The van der Waals surface area contributed by atoms with Crippen molar-refractivity contribution in [3.8, 4) is 0 Å². The van der Waals surface area contributed by atoms with E-state index in [1.54, 1.807) is 0 Å². The fourth-order valence-electron chi connectivity index (χ4n) is 1.58. The smallest absolute Gasteiger partial charge is 0.223 e. The zero-order valence-electron chi connectivity index (χ0n) is 11.0. The summed E-state index contributed by atoms with van der Waals surface area (Å²) in [7, 11) is 0. The fourth-order valence-corrected chi connectivity index (χ4v) is 1.92. The van der Waals surface area contributed by atoms with Crippen LogP contribution in [0.4, 0.5) is 0 Å². The highest BCUT2D eigenvalue weighted by molar-refractivity contribution is 7.80. The van der Waals surface area contributed by atoms with Gasteiger partial charge in [0, 0.05) is 13.0 Å². The summed E-state index contributed by atoms with van der Waals surface area (Å²) in [5, 5.41) is 2.92. The maximum Gasteiger partial charge on any atom is 0.223 e. The molecule has 0 aromatic carbocycles. The van der Waals surface area contributed by atoms with Gasteiger partial charge in [-0.1, -0.05) is 33.0 Å². The molecule has 0 fully saturated rings. The minimum Gasteiger partial charge on any atom is -0.391 e. The Labute approximate surface area is 109 Å². The largest absolute Gasteiger partial charge is 0.391 e. The van der Waals surface area contributed by atoms with Gasteiger partial charge in [0.05, 0.1) is 17.1 Å². The van der Waals surface area contributed by atoms with E-state index in [0.29, 0.717) is 37.5 Å². The van der Waals surface area contributed by atoms with E-state index in [4.69, 9.17) is 22.7 Å². The first kappa shape index (κ1) is 16.3. The normalized spacial score (nSPS) is 11.2. The SMILES string of the molecule is CCCOCCC(=O)NC(CC)(CC)C(N)=S. The highest BCUT2D eigenvalue weighted by Gasteiger charge is 2.30. The zero-order valence-corrected chi connectivity index (χ0v) is 11.9. The van der Waals surface area contributed by atoms with Crippen molar-refractivity contribution in [3.05, 3.63) is 0 Å². The average Bonchev–Trinajstić information content (AvgIpc) is 2.31. The first-order valence-electron chi connectivity index (χ1n) is 6.21. The Morgan fingerprint density at radius 3 is 2.29 bits per heavy atom. The summed E-state index contributed by atoms with van der Waals surface area (Å²) in [4.78, 5) is 12.1. The summed E-state index contributed by atoms with van der Waals surface area (Å²) in [5.74, 6) is -0.0578. The minimum absolute atomic E-state index is 0.0578. The third-order valence-electron chi connectivity index (χ3n) is 2.88. The molecule has 0 spiro atoms. The van der Waals surface area contributed by atoms with E-state index in [0.717, 1.165) is 6.42 Å². The van der Waals surface area contributed by atoms with Gasteiger partial charge in [-0.15, -0.1) is 0 Å². The third kappa shape index (κ3) is 5.46. The molecule has 17 heavy (non-hydrogen) atoms. The molecule has 0 aliphatic rings. The second-order valence-electron chi connectivity index (χ2n) is 4.06. The van der Waals surface area contributed by atoms with Crippen molar-refractivity contribution in [2.75, 3.05) is 13.2 Å². The molecule has 0 saturated heterocycles. The molecule has 0 aromatic heterocycles. The van der Waals surface area contributed by atoms with Crippen LogP contribution in [0.3, 0.4) is 0 Å². The van der Waals surface area contributed by atoms with Gasteiger partial charge in [-0.2, -0.15) is 0 Å². The highest BCUT2D eigenvalue weighted by Crippen LogP contribution is 2.15. The maximum atomic E-state index is 11.7. The summed E-state index contributed by atoms with van der Waals surface area (Å²) in [6, 6.07) is 0. The summed E-state index contributed by atoms with van der Waals surface area (Å²) in [6.07, 6.45) is 2.73. The lowest BCUT2D eigenvalue weighted by molar-refractivity contribution is -0.123. The molecule has 0 saturated carbocycles. The van der Waals surface area contributed by atoms with Crippen LogP contribution in [0.5, 0.6) is 0 Å². The Balaban J connectivity index is 4.18. The first-order chi connectivity index (χ1) is 8.02. The van der Waals surface area contributed by atoms with Crippen LogP contribution in [0.15, 0.2) is 0 Å². The number of rotatable bonds is 9. The molecule has 0 aromatic rings. The number of nitrogens with two attached hydrogens (primary N) is 1. The number of hydrogen-bond donors (Lipinski definition) is 2. The molecule has 0 bridgehead atoms. The third-order valence-corrected chi connectivity index (χ3v) is 3.27. The van der Waals surface area contributed by atoms with E-state index >= 15 is 0 Å². The maximum absolute atomic E-state index is 11.7. The highest BCUT2D eigenvalue weighted by atomic mass is 32.1. The minimum atomic E-state index is -0.544. The number of ether oxygens (including phenoxy) is 1. The van der Waals surface area contributed by atoms with Crippen molar-refractivity contribution >= 4 is 23.1 Å². The van der Waals surface area contributed by atoms with E-state index < -0.39 is 5.54 Å². The van der Waals surface area contributed by atoms with Gasteiger partial charge in [-0.25, -0.2) is 0 Å². The van der Waals surface area contributed by atoms with Gasteiger partial charge in [0.1, 0.15) is 0 Å². The number of hydrogen-bond acceptors (Lipinski definition) is 3. The van der Waals surface area contributed by atoms with Crippen molar-refractivity contribution in [2.24, 2.45) is 5.73 Å². The van der Waals surface area contributed by atoms with Gasteiger partial charge in [-0.3, -0.25) is 4.79 Å². The average molecular weight is 260 g/mol. The van der Waals surface area contributed by atoms with Crippen molar-refractivity contribution in [2.45, 2.75) is 52.0 Å². The van der Waals surface area contributed by atoms with Gasteiger partial charge < -0.3 is 15.8 Å². The molecule has 0 radical (unpaired) electrons. The predicted molar refractivity (Wildman–Crippen MR) is 74.0 cm³/mol. The predicted octanol–water partition coefficient (Wildman–Crippen LogP) is 1.76. The van der Waals surface area contributed by atoms with Crippen molar-refractivity contribution in [3.63, 3.8) is 0 Å². The molecule has 0 aliphatic carbocycles. The van der Waals surface area contributed by atoms with E-state index in [2.05, 4.69) is 5.32 Å². The van der Waals surface area contributed by atoms with Crippen molar-refractivity contribution in [1.29, 1.82) is 0 Å². The van der Waals surface area contributed by atoms with Gasteiger partial charge in [-0.05, 0) is 19.3 Å². The molecule has 0 heterocycles. The van der Waals surface area contributed by atoms with Gasteiger partial charge in [0.25, 0.3) is 0 Å². The van der Waals surface area contributed by atoms with Crippen molar-refractivity contribution < 1.29 is 9.53 Å². The molecule has 0 rings (SSSR count). The Kier molecular flexibility index (Phi) is 8.08. The van der Waals surface area contributed by atoms with Crippen LogP contribution in [0.1, 0.15) is 46.5 Å². The summed E-state index contributed by atoms with van der Waals surface area (Å²) in [5.41, 5.74) is 5.16. The zero-order chi connectivity index (χ0) is 13.3.